The van der Waals surface area contributed by atoms with E-state index in [2.05, 4.69) is 17.2 Å². The molecule has 1 aliphatic heterocycles. The van der Waals surface area contributed by atoms with Gasteiger partial charge in [0.15, 0.2) is 0 Å². The quantitative estimate of drug-likeness (QED) is 0.802. The van der Waals surface area contributed by atoms with Gasteiger partial charge in [0.1, 0.15) is 0 Å². The largest absolute Gasteiger partial charge is 0.323 e. The van der Waals surface area contributed by atoms with Gasteiger partial charge < -0.3 is 5.32 Å². The van der Waals surface area contributed by atoms with Crippen molar-refractivity contribution in [2.45, 2.75) is 24.7 Å². The van der Waals surface area contributed by atoms with E-state index in [9.17, 15) is 13.2 Å². The second kappa shape index (κ2) is 8.45. The average molecular weight is 385 g/mol. The van der Waals surface area contributed by atoms with Crippen LogP contribution in [0.1, 0.15) is 25.5 Å². The fraction of sp³-hybridized carbons (Fsp3) is 0.300. The van der Waals surface area contributed by atoms with Crippen molar-refractivity contribution in [3.63, 3.8) is 0 Å². The fourth-order valence-electron chi connectivity index (χ4n) is 3.04. The van der Waals surface area contributed by atoms with Crippen LogP contribution in [0.3, 0.4) is 0 Å². The van der Waals surface area contributed by atoms with Crippen LogP contribution in [0.5, 0.6) is 0 Å². The highest BCUT2D eigenvalue weighted by Crippen LogP contribution is 2.24. The fourth-order valence-corrected chi connectivity index (χ4v) is 4.64. The molecule has 0 spiro atoms. The normalized spacial score (nSPS) is 18.5. The maximum absolute atomic E-state index is 12.7. The minimum absolute atomic E-state index is 0.249. The molecule has 0 unspecified atom stereocenters. The van der Waals surface area contributed by atoms with E-state index in [0.29, 0.717) is 30.4 Å². The van der Waals surface area contributed by atoms with Crippen LogP contribution in [0, 0.1) is 5.92 Å². The number of hydrogen-bond acceptors (Lipinski definition) is 4. The van der Waals surface area contributed by atoms with E-state index in [4.69, 9.17) is 0 Å². The maximum atomic E-state index is 12.7. The molecule has 1 aromatic heterocycles. The second-order valence-corrected chi connectivity index (χ2v) is 8.65. The van der Waals surface area contributed by atoms with Gasteiger partial charge in [-0.25, -0.2) is 8.42 Å². The van der Waals surface area contributed by atoms with Crippen molar-refractivity contribution in [1.82, 2.24) is 9.29 Å². The van der Waals surface area contributed by atoms with E-state index in [1.54, 1.807) is 40.8 Å². The lowest BCUT2D eigenvalue weighted by Crippen LogP contribution is -2.39. The lowest BCUT2D eigenvalue weighted by atomic mass is 10.0. The second-order valence-electron chi connectivity index (χ2n) is 6.71. The van der Waals surface area contributed by atoms with Gasteiger partial charge in [0.2, 0.25) is 15.9 Å². The van der Waals surface area contributed by atoms with E-state index in [-0.39, 0.29) is 10.8 Å². The standard InChI is InChI=1S/C20H23N3O3S/c1-16-5-4-14-23(15-16)27(25,26)19-10-7-18(8-11-19)22-20(24)12-9-17-6-2-3-13-21-17/h2-3,6-13,16H,4-5,14-15H2,1H3,(H,22,24)/b12-9+/t16-/m0/s1. The van der Waals surface area contributed by atoms with Crippen molar-refractivity contribution in [1.29, 1.82) is 0 Å². The number of sulfonamides is 1. The van der Waals surface area contributed by atoms with Crippen LogP contribution >= 0.6 is 0 Å². The van der Waals surface area contributed by atoms with Crippen molar-refractivity contribution in [2.24, 2.45) is 5.92 Å². The SMILES string of the molecule is C[C@H]1CCCN(S(=O)(=O)c2ccc(NC(=O)/C=C/c3ccccn3)cc2)C1. The number of amides is 1. The zero-order valence-electron chi connectivity index (χ0n) is 15.2. The number of piperidine rings is 1. The summed E-state index contributed by atoms with van der Waals surface area (Å²) in [5.41, 5.74) is 1.22. The molecule has 1 aliphatic rings. The molecule has 0 radical (unpaired) electrons. The predicted octanol–water partition coefficient (Wildman–Crippen LogP) is 3.15. The lowest BCUT2D eigenvalue weighted by molar-refractivity contribution is -0.111. The summed E-state index contributed by atoms with van der Waals surface area (Å²) in [5.74, 6) is 0.0686. The number of rotatable bonds is 5. The highest BCUT2D eigenvalue weighted by atomic mass is 32.2. The molecule has 6 nitrogen and oxygen atoms in total. The summed E-state index contributed by atoms with van der Waals surface area (Å²) in [4.78, 5) is 16.4. The number of carbonyl (C=O) groups is 1. The summed E-state index contributed by atoms with van der Waals surface area (Å²) in [6, 6.07) is 11.7. The van der Waals surface area contributed by atoms with E-state index < -0.39 is 10.0 Å². The predicted molar refractivity (Wildman–Crippen MR) is 105 cm³/mol. The first-order chi connectivity index (χ1) is 12.9. The maximum Gasteiger partial charge on any atom is 0.248 e. The Kier molecular flexibility index (Phi) is 6.03. The third-order valence-electron chi connectivity index (χ3n) is 4.47. The highest BCUT2D eigenvalue weighted by Gasteiger charge is 2.28. The van der Waals surface area contributed by atoms with E-state index in [0.717, 1.165) is 12.8 Å². The number of nitrogens with zero attached hydrogens (tertiary/aromatic N) is 2. The molecule has 7 heteroatoms. The number of benzene rings is 1. The zero-order chi connectivity index (χ0) is 19.3. The van der Waals surface area contributed by atoms with Gasteiger partial charge in [0.25, 0.3) is 0 Å². The summed E-state index contributed by atoms with van der Waals surface area (Å²) in [6.07, 6.45) is 6.60. The van der Waals surface area contributed by atoms with E-state index in [1.165, 1.54) is 18.2 Å². The van der Waals surface area contributed by atoms with Crippen molar-refractivity contribution in [2.75, 3.05) is 18.4 Å². The third kappa shape index (κ3) is 5.02. The van der Waals surface area contributed by atoms with Crippen LogP contribution in [0.2, 0.25) is 0 Å². The Morgan fingerprint density at radius 3 is 2.67 bits per heavy atom. The smallest absolute Gasteiger partial charge is 0.248 e. The van der Waals surface area contributed by atoms with Crippen molar-refractivity contribution in [3.05, 3.63) is 60.4 Å². The van der Waals surface area contributed by atoms with Gasteiger partial charge in [0.05, 0.1) is 10.6 Å². The summed E-state index contributed by atoms with van der Waals surface area (Å²) < 4.78 is 27.0. The zero-order valence-corrected chi connectivity index (χ0v) is 16.0. The van der Waals surface area contributed by atoms with Crippen LogP contribution in [-0.2, 0) is 14.8 Å². The summed E-state index contributed by atoms with van der Waals surface area (Å²) in [5, 5.41) is 2.72. The molecule has 1 aromatic carbocycles. The Labute approximate surface area is 160 Å². The molecule has 1 N–H and O–H groups in total. The van der Waals surface area contributed by atoms with Gasteiger partial charge in [-0.1, -0.05) is 13.0 Å². The number of carbonyl (C=O) groups excluding carboxylic acids is 1. The lowest BCUT2D eigenvalue weighted by Gasteiger charge is -2.30. The number of hydrogen-bond donors (Lipinski definition) is 1. The first kappa shape index (κ1) is 19.3. The molecule has 1 atom stereocenters. The molecule has 3 rings (SSSR count). The Morgan fingerprint density at radius 1 is 1.22 bits per heavy atom. The molecule has 0 aliphatic carbocycles. The van der Waals surface area contributed by atoms with Gasteiger partial charge >= 0.3 is 0 Å². The summed E-state index contributed by atoms with van der Waals surface area (Å²) >= 11 is 0. The molecule has 142 valence electrons. The molecule has 2 heterocycles. The van der Waals surface area contributed by atoms with Gasteiger partial charge in [-0.05, 0) is 61.2 Å². The van der Waals surface area contributed by atoms with Crippen molar-refractivity contribution >= 4 is 27.7 Å². The highest BCUT2D eigenvalue weighted by molar-refractivity contribution is 7.89. The van der Waals surface area contributed by atoms with Crippen molar-refractivity contribution < 1.29 is 13.2 Å². The third-order valence-corrected chi connectivity index (χ3v) is 6.35. The Balaban J connectivity index is 1.64. The number of nitrogens with one attached hydrogen (secondary N) is 1. The Morgan fingerprint density at radius 2 is 2.00 bits per heavy atom. The summed E-state index contributed by atoms with van der Waals surface area (Å²) in [7, 11) is -3.49. The molecule has 27 heavy (non-hydrogen) atoms. The van der Waals surface area contributed by atoms with Gasteiger partial charge in [-0.2, -0.15) is 4.31 Å². The number of aromatic nitrogens is 1. The van der Waals surface area contributed by atoms with Gasteiger partial charge in [-0.3, -0.25) is 9.78 Å². The molecular weight excluding hydrogens is 362 g/mol. The number of pyridine rings is 1. The monoisotopic (exact) mass is 385 g/mol. The molecule has 1 saturated heterocycles. The Hall–Kier alpha value is -2.51. The minimum Gasteiger partial charge on any atom is -0.323 e. The average Bonchev–Trinajstić information content (AvgIpc) is 2.68. The topological polar surface area (TPSA) is 79.4 Å². The van der Waals surface area contributed by atoms with Gasteiger partial charge in [0, 0.05) is 31.0 Å². The molecule has 2 aromatic rings. The van der Waals surface area contributed by atoms with E-state index in [1.807, 2.05) is 6.07 Å². The molecular formula is C20H23N3O3S. The van der Waals surface area contributed by atoms with Crippen LogP contribution in [0.25, 0.3) is 6.08 Å². The van der Waals surface area contributed by atoms with Crippen LogP contribution in [0.4, 0.5) is 5.69 Å². The van der Waals surface area contributed by atoms with Crippen molar-refractivity contribution in [3.8, 4) is 0 Å². The molecule has 1 fully saturated rings. The molecule has 1 amide bonds. The van der Waals surface area contributed by atoms with Gasteiger partial charge in [-0.15, -0.1) is 0 Å². The Bertz CT molecular complexity index is 909. The molecule has 0 saturated carbocycles. The first-order valence-corrected chi connectivity index (χ1v) is 10.4. The first-order valence-electron chi connectivity index (χ1n) is 8.95. The van der Waals surface area contributed by atoms with Crippen LogP contribution in [0.15, 0.2) is 59.6 Å². The minimum atomic E-state index is -3.49. The van der Waals surface area contributed by atoms with Crippen LogP contribution < -0.4 is 5.32 Å². The molecule has 0 bridgehead atoms. The van der Waals surface area contributed by atoms with Crippen LogP contribution in [-0.4, -0.2) is 36.7 Å². The number of anilines is 1. The van der Waals surface area contributed by atoms with E-state index >= 15 is 0 Å². The summed E-state index contributed by atoms with van der Waals surface area (Å²) in [6.45, 7) is 3.18.